The molecule has 1 saturated heterocycles. The Balaban J connectivity index is 1.56. The molecule has 1 aliphatic heterocycles. The highest BCUT2D eigenvalue weighted by molar-refractivity contribution is 7.10. The van der Waals surface area contributed by atoms with Gasteiger partial charge in [-0.15, -0.1) is 16.4 Å². The first-order valence-electron chi connectivity index (χ1n) is 10.5. The Morgan fingerprint density at radius 2 is 1.87 bits per heavy atom. The number of nitro groups is 1. The molecule has 0 N–H and O–H groups in total. The van der Waals surface area contributed by atoms with Crippen LogP contribution in [0.3, 0.4) is 0 Å². The molecule has 0 unspecified atom stereocenters. The molecule has 1 fully saturated rings. The van der Waals surface area contributed by atoms with E-state index in [1.807, 2.05) is 16.8 Å². The molecule has 1 aromatic carbocycles. The maximum Gasteiger partial charge on any atom is 0.269 e. The van der Waals surface area contributed by atoms with Crippen molar-refractivity contribution in [2.45, 2.75) is 38.8 Å². The van der Waals surface area contributed by atoms with E-state index in [1.165, 1.54) is 4.88 Å². The molecule has 3 aromatic rings. The quantitative estimate of drug-likeness (QED) is 0.408. The first kappa shape index (κ1) is 21.4. The van der Waals surface area contributed by atoms with Crippen molar-refractivity contribution in [1.29, 1.82) is 0 Å². The van der Waals surface area contributed by atoms with Crippen LogP contribution in [0.1, 0.15) is 43.9 Å². The fourth-order valence-corrected chi connectivity index (χ4v) is 4.74. The second kappa shape index (κ2) is 8.72. The highest BCUT2D eigenvalue weighted by Gasteiger charge is 2.34. The molecule has 164 valence electrons. The van der Waals surface area contributed by atoms with Gasteiger partial charge in [0.2, 0.25) is 0 Å². The number of non-ortho nitro benzene ring substituents is 1. The molecule has 31 heavy (non-hydrogen) atoms. The number of tetrazole rings is 1. The predicted octanol–water partition coefficient (Wildman–Crippen LogP) is 3.70. The van der Waals surface area contributed by atoms with Crippen LogP contribution in [-0.4, -0.2) is 56.2 Å². The van der Waals surface area contributed by atoms with Crippen molar-refractivity contribution in [2.24, 2.45) is 0 Å². The van der Waals surface area contributed by atoms with Gasteiger partial charge in [0.05, 0.1) is 10.5 Å². The molecule has 0 amide bonds. The van der Waals surface area contributed by atoms with Gasteiger partial charge in [0, 0.05) is 48.9 Å². The number of thiophene rings is 1. The first-order chi connectivity index (χ1) is 14.9. The molecule has 0 aliphatic carbocycles. The Morgan fingerprint density at radius 3 is 2.45 bits per heavy atom. The summed E-state index contributed by atoms with van der Waals surface area (Å²) < 4.78 is 1.97. The van der Waals surface area contributed by atoms with Gasteiger partial charge in [0.25, 0.3) is 5.69 Å². The van der Waals surface area contributed by atoms with Crippen LogP contribution >= 0.6 is 11.3 Å². The SMILES string of the molecule is CCC(C)(C)n1nnnc1[C@H](c1cccs1)N1CCN(c2ccc([N+](=O)[O-])cc2)CC1. The molecule has 1 atom stereocenters. The molecule has 0 spiro atoms. The van der Waals surface area contributed by atoms with Gasteiger partial charge in [-0.05, 0) is 54.3 Å². The van der Waals surface area contributed by atoms with Crippen molar-refractivity contribution in [3.63, 3.8) is 0 Å². The van der Waals surface area contributed by atoms with Crippen LogP contribution in [0.25, 0.3) is 0 Å². The van der Waals surface area contributed by atoms with Crippen LogP contribution in [0.4, 0.5) is 11.4 Å². The van der Waals surface area contributed by atoms with Gasteiger partial charge in [-0.2, -0.15) is 0 Å². The van der Waals surface area contributed by atoms with Crippen molar-refractivity contribution in [1.82, 2.24) is 25.1 Å². The lowest BCUT2D eigenvalue weighted by Gasteiger charge is -2.40. The molecule has 3 heterocycles. The van der Waals surface area contributed by atoms with E-state index in [2.05, 4.69) is 63.6 Å². The third-order valence-corrected chi connectivity index (χ3v) is 7.02. The van der Waals surface area contributed by atoms with Gasteiger partial charge < -0.3 is 4.90 Å². The molecule has 0 saturated carbocycles. The van der Waals surface area contributed by atoms with Gasteiger partial charge in [0.1, 0.15) is 6.04 Å². The number of rotatable bonds is 7. The molecule has 0 radical (unpaired) electrons. The van der Waals surface area contributed by atoms with E-state index in [-0.39, 0.29) is 22.2 Å². The van der Waals surface area contributed by atoms with Crippen molar-refractivity contribution in [3.05, 3.63) is 62.6 Å². The summed E-state index contributed by atoms with van der Waals surface area (Å²) in [6.45, 7) is 9.82. The second-order valence-electron chi connectivity index (χ2n) is 8.33. The zero-order valence-electron chi connectivity index (χ0n) is 18.0. The fourth-order valence-electron chi connectivity index (χ4n) is 3.89. The van der Waals surface area contributed by atoms with Crippen LogP contribution in [0, 0.1) is 10.1 Å². The van der Waals surface area contributed by atoms with Crippen LogP contribution in [0.15, 0.2) is 41.8 Å². The monoisotopic (exact) mass is 441 g/mol. The second-order valence-corrected chi connectivity index (χ2v) is 9.31. The number of piperazine rings is 1. The minimum absolute atomic E-state index is 0.000152. The van der Waals surface area contributed by atoms with E-state index in [0.717, 1.165) is 44.1 Å². The number of hydrogen-bond donors (Lipinski definition) is 0. The number of benzene rings is 1. The highest BCUT2D eigenvalue weighted by atomic mass is 32.1. The summed E-state index contributed by atoms with van der Waals surface area (Å²) in [5.41, 5.74) is 0.954. The van der Waals surface area contributed by atoms with Gasteiger partial charge >= 0.3 is 0 Å². The number of anilines is 1. The topological polar surface area (TPSA) is 93.2 Å². The van der Waals surface area contributed by atoms with Gasteiger partial charge in [-0.25, -0.2) is 4.68 Å². The van der Waals surface area contributed by atoms with E-state index in [0.29, 0.717) is 0 Å². The highest BCUT2D eigenvalue weighted by Crippen LogP contribution is 2.34. The van der Waals surface area contributed by atoms with Crippen molar-refractivity contribution >= 4 is 22.7 Å². The summed E-state index contributed by atoms with van der Waals surface area (Å²) in [4.78, 5) is 16.5. The zero-order valence-corrected chi connectivity index (χ0v) is 18.8. The molecule has 2 aromatic heterocycles. The minimum atomic E-state index is -0.366. The number of nitrogens with zero attached hydrogens (tertiary/aromatic N) is 7. The number of hydrogen-bond acceptors (Lipinski definition) is 8. The average molecular weight is 442 g/mol. The lowest BCUT2D eigenvalue weighted by Crippen LogP contribution is -2.48. The van der Waals surface area contributed by atoms with E-state index in [4.69, 9.17) is 0 Å². The lowest BCUT2D eigenvalue weighted by molar-refractivity contribution is -0.384. The maximum atomic E-state index is 10.9. The molecular weight excluding hydrogens is 414 g/mol. The zero-order chi connectivity index (χ0) is 22.0. The van der Waals surface area contributed by atoms with Crippen LogP contribution in [-0.2, 0) is 5.54 Å². The van der Waals surface area contributed by atoms with Gasteiger partial charge in [0.15, 0.2) is 5.82 Å². The van der Waals surface area contributed by atoms with Gasteiger partial charge in [-0.1, -0.05) is 13.0 Å². The summed E-state index contributed by atoms with van der Waals surface area (Å²) in [6.07, 6.45) is 0.927. The Labute approximate surface area is 185 Å². The summed E-state index contributed by atoms with van der Waals surface area (Å²) in [7, 11) is 0. The van der Waals surface area contributed by atoms with Gasteiger partial charge in [-0.3, -0.25) is 15.0 Å². The van der Waals surface area contributed by atoms with E-state index in [9.17, 15) is 10.1 Å². The summed E-state index contributed by atoms with van der Waals surface area (Å²) in [5, 5.41) is 25.8. The third-order valence-electron chi connectivity index (χ3n) is 6.09. The van der Waals surface area contributed by atoms with Crippen LogP contribution in [0.5, 0.6) is 0 Å². The molecular formula is C21H27N7O2S. The van der Waals surface area contributed by atoms with Crippen molar-refractivity contribution in [2.75, 3.05) is 31.1 Å². The smallest absolute Gasteiger partial charge is 0.269 e. The van der Waals surface area contributed by atoms with Crippen molar-refractivity contribution in [3.8, 4) is 0 Å². The standard InChI is InChI=1S/C21H27N7O2S/c1-4-21(2,3)27-20(22-23-24-27)19(18-6-5-15-31-18)26-13-11-25(12-14-26)16-7-9-17(10-8-16)28(29)30/h5-10,15,19H,4,11-14H2,1-3H3/t19-/m0/s1. The van der Waals surface area contributed by atoms with E-state index < -0.39 is 0 Å². The Morgan fingerprint density at radius 1 is 1.16 bits per heavy atom. The molecule has 10 heteroatoms. The predicted molar refractivity (Wildman–Crippen MR) is 120 cm³/mol. The first-order valence-corrected chi connectivity index (χ1v) is 11.3. The summed E-state index contributed by atoms with van der Waals surface area (Å²) in [5.74, 6) is 0.873. The molecule has 9 nitrogen and oxygen atoms in total. The Kier molecular flexibility index (Phi) is 6.01. The number of aromatic nitrogens is 4. The average Bonchev–Trinajstić information content (AvgIpc) is 3.48. The minimum Gasteiger partial charge on any atom is -0.369 e. The normalized spacial score (nSPS) is 16.4. The van der Waals surface area contributed by atoms with E-state index in [1.54, 1.807) is 23.5 Å². The van der Waals surface area contributed by atoms with Crippen molar-refractivity contribution < 1.29 is 4.92 Å². The van der Waals surface area contributed by atoms with Crippen LogP contribution in [0.2, 0.25) is 0 Å². The van der Waals surface area contributed by atoms with Crippen LogP contribution < -0.4 is 4.90 Å². The maximum absolute atomic E-state index is 10.9. The largest absolute Gasteiger partial charge is 0.369 e. The molecule has 4 rings (SSSR count). The molecule has 0 bridgehead atoms. The summed E-state index contributed by atoms with van der Waals surface area (Å²) in [6, 6.07) is 11.0. The Hall–Kier alpha value is -2.85. The lowest BCUT2D eigenvalue weighted by atomic mass is 10.0. The fraction of sp³-hybridized carbons (Fsp3) is 0.476. The van der Waals surface area contributed by atoms with E-state index >= 15 is 0 Å². The Bertz CT molecular complexity index is 1010. The summed E-state index contributed by atoms with van der Waals surface area (Å²) >= 11 is 1.72. The molecule has 1 aliphatic rings. The number of nitro benzene ring substituents is 1. The third kappa shape index (κ3) is 4.31.